The third kappa shape index (κ3) is 8.31. The fraction of sp³-hybridized carbons (Fsp3) is 0.667. The Balaban J connectivity index is 2.52. The number of aliphatic hydroxyl groups is 3. The molecule has 2 heterocycles. The van der Waals surface area contributed by atoms with Crippen LogP contribution in [0.4, 0.5) is 0 Å². The van der Waals surface area contributed by atoms with Gasteiger partial charge in [0, 0.05) is 24.8 Å². The van der Waals surface area contributed by atoms with E-state index in [4.69, 9.17) is 18.9 Å². The van der Waals surface area contributed by atoms with E-state index < -0.39 is 67.2 Å². The van der Waals surface area contributed by atoms with Crippen molar-refractivity contribution < 1.29 is 48.7 Å². The first kappa shape index (κ1) is 30.9. The normalized spacial score (nSPS) is 35.1. The first-order chi connectivity index (χ1) is 17.4. The average Bonchev–Trinajstić information content (AvgIpc) is 3.12. The highest BCUT2D eigenvalue weighted by atomic mass is 16.7. The lowest BCUT2D eigenvalue weighted by atomic mass is 9.96. The molecule has 0 aromatic heterocycles. The van der Waals surface area contributed by atoms with Gasteiger partial charge in [0.1, 0.15) is 30.5 Å². The van der Waals surface area contributed by atoms with Crippen LogP contribution in [0, 0.1) is 5.92 Å². The fourth-order valence-electron chi connectivity index (χ4n) is 3.96. The molecular formula is C27H40O10. The van der Waals surface area contributed by atoms with Crippen LogP contribution in [0.3, 0.4) is 0 Å². The maximum atomic E-state index is 13.3. The summed E-state index contributed by atoms with van der Waals surface area (Å²) in [5.41, 5.74) is 1.52. The van der Waals surface area contributed by atoms with Gasteiger partial charge in [-0.2, -0.15) is 0 Å². The van der Waals surface area contributed by atoms with Crippen LogP contribution in [0.15, 0.2) is 34.9 Å². The minimum Gasteiger partial charge on any atom is -0.454 e. The van der Waals surface area contributed by atoms with Crippen LogP contribution in [0.5, 0.6) is 0 Å². The van der Waals surface area contributed by atoms with Gasteiger partial charge < -0.3 is 34.3 Å². The van der Waals surface area contributed by atoms with Crippen molar-refractivity contribution in [1.82, 2.24) is 0 Å². The number of hydrogen-bond acceptors (Lipinski definition) is 10. The van der Waals surface area contributed by atoms with E-state index in [-0.39, 0.29) is 30.8 Å². The molecule has 208 valence electrons. The van der Waals surface area contributed by atoms with Crippen LogP contribution in [-0.2, 0) is 33.3 Å². The highest BCUT2D eigenvalue weighted by Gasteiger charge is 2.46. The molecule has 2 aliphatic heterocycles. The molecule has 0 saturated carbocycles. The lowest BCUT2D eigenvalue weighted by Gasteiger charge is -2.31. The molecule has 10 heteroatoms. The number of carbonyl (C=O) groups excluding carboxylic acids is 3. The SMILES string of the molecule is C/C=C(/C)[C@H]1C/C=C(\C)[C@@H](O[C@H]2O[C@H](CO)[C@@H](O)[C@@H]2O)[C@H](OC(=O)CC(C)C)C(=O)C/C=C(/C)C(=O)O1. The summed E-state index contributed by atoms with van der Waals surface area (Å²) in [6.07, 6.45) is -3.52. The minimum absolute atomic E-state index is 0.0215. The topological polar surface area (TPSA) is 149 Å². The Labute approximate surface area is 217 Å². The highest BCUT2D eigenvalue weighted by Crippen LogP contribution is 2.29. The van der Waals surface area contributed by atoms with Crippen LogP contribution in [0.25, 0.3) is 0 Å². The standard InChI is InChI=1S/C27H40O10/c1-7-15(4)19-11-9-16(5)24(37-27-23(32)22(31)20(13-28)35-27)25(36-21(30)12-14(2)3)18(29)10-8-17(6)26(33)34-19/h7-9,14,19-20,22-25,27-28,31-32H,10-13H2,1-6H3/b15-7-,16-9+,17-8-/t19-,20-,22-,23+,24-,25-,27-/m1/s1. The van der Waals surface area contributed by atoms with Gasteiger partial charge in [-0.1, -0.05) is 32.1 Å². The molecule has 7 atom stereocenters. The average molecular weight is 525 g/mol. The first-order valence-corrected chi connectivity index (χ1v) is 12.6. The highest BCUT2D eigenvalue weighted by molar-refractivity contribution is 5.91. The number of cyclic esters (lactones) is 1. The largest absolute Gasteiger partial charge is 0.454 e. The van der Waals surface area contributed by atoms with E-state index >= 15 is 0 Å². The van der Waals surface area contributed by atoms with Crippen molar-refractivity contribution >= 4 is 17.7 Å². The second-order valence-corrected chi connectivity index (χ2v) is 9.94. The number of carbonyl (C=O) groups is 3. The molecule has 0 radical (unpaired) electrons. The zero-order valence-corrected chi connectivity index (χ0v) is 22.4. The second-order valence-electron chi connectivity index (χ2n) is 9.94. The van der Waals surface area contributed by atoms with Crippen molar-refractivity contribution in [2.24, 2.45) is 5.92 Å². The third-order valence-corrected chi connectivity index (χ3v) is 6.45. The Morgan fingerprint density at radius 2 is 1.84 bits per heavy atom. The van der Waals surface area contributed by atoms with E-state index in [0.29, 0.717) is 5.57 Å². The van der Waals surface area contributed by atoms with Gasteiger partial charge in [-0.3, -0.25) is 9.59 Å². The van der Waals surface area contributed by atoms with Gasteiger partial charge in [0.25, 0.3) is 0 Å². The molecule has 0 spiro atoms. The molecule has 2 rings (SSSR count). The van der Waals surface area contributed by atoms with E-state index in [0.717, 1.165) is 5.57 Å². The number of esters is 2. The molecule has 1 fully saturated rings. The number of ether oxygens (including phenoxy) is 4. The smallest absolute Gasteiger partial charge is 0.334 e. The summed E-state index contributed by atoms with van der Waals surface area (Å²) < 4.78 is 22.7. The Morgan fingerprint density at radius 1 is 1.16 bits per heavy atom. The predicted molar refractivity (Wildman–Crippen MR) is 133 cm³/mol. The van der Waals surface area contributed by atoms with E-state index in [1.807, 2.05) is 33.8 Å². The van der Waals surface area contributed by atoms with E-state index in [9.17, 15) is 29.7 Å². The van der Waals surface area contributed by atoms with Crippen molar-refractivity contribution in [2.45, 2.75) is 104 Å². The molecule has 0 amide bonds. The molecule has 0 aromatic carbocycles. The molecule has 0 aliphatic carbocycles. The summed E-state index contributed by atoms with van der Waals surface area (Å²) in [4.78, 5) is 38.6. The van der Waals surface area contributed by atoms with Crippen molar-refractivity contribution in [3.8, 4) is 0 Å². The van der Waals surface area contributed by atoms with Crippen LogP contribution < -0.4 is 0 Å². The predicted octanol–water partition coefficient (Wildman–Crippen LogP) is 1.90. The van der Waals surface area contributed by atoms with Gasteiger partial charge in [0.15, 0.2) is 18.2 Å². The van der Waals surface area contributed by atoms with Gasteiger partial charge in [-0.15, -0.1) is 0 Å². The van der Waals surface area contributed by atoms with E-state index in [2.05, 4.69) is 0 Å². The molecule has 37 heavy (non-hydrogen) atoms. The van der Waals surface area contributed by atoms with Gasteiger partial charge in [0.2, 0.25) is 0 Å². The maximum Gasteiger partial charge on any atom is 0.334 e. The van der Waals surface area contributed by atoms with Crippen LogP contribution in [0.1, 0.15) is 60.8 Å². The monoisotopic (exact) mass is 524 g/mol. The van der Waals surface area contributed by atoms with Crippen LogP contribution in [0.2, 0.25) is 0 Å². The van der Waals surface area contributed by atoms with Crippen molar-refractivity contribution in [2.75, 3.05) is 6.61 Å². The summed E-state index contributed by atoms with van der Waals surface area (Å²) in [5.74, 6) is -1.72. The molecule has 10 nitrogen and oxygen atoms in total. The van der Waals surface area contributed by atoms with Gasteiger partial charge in [0.05, 0.1) is 6.61 Å². The summed E-state index contributed by atoms with van der Waals surface area (Å²) in [7, 11) is 0. The first-order valence-electron chi connectivity index (χ1n) is 12.6. The van der Waals surface area contributed by atoms with Crippen LogP contribution in [-0.4, -0.2) is 82.6 Å². The maximum absolute atomic E-state index is 13.3. The molecule has 0 bridgehead atoms. The summed E-state index contributed by atoms with van der Waals surface area (Å²) >= 11 is 0. The second kappa shape index (κ2) is 14.0. The molecule has 0 unspecified atom stereocenters. The lowest BCUT2D eigenvalue weighted by molar-refractivity contribution is -0.209. The summed E-state index contributed by atoms with van der Waals surface area (Å²) in [5, 5.41) is 30.1. The fourth-order valence-corrected chi connectivity index (χ4v) is 3.96. The zero-order valence-electron chi connectivity index (χ0n) is 22.4. The molecule has 1 saturated heterocycles. The number of hydrogen-bond donors (Lipinski definition) is 3. The lowest BCUT2D eigenvalue weighted by Crippen LogP contribution is -2.45. The number of ketones is 1. The number of Topliss-reactive ketones (excluding diaryl/α,β-unsaturated/α-hetero) is 1. The molecule has 3 N–H and O–H groups in total. The number of allylic oxidation sites excluding steroid dienone is 2. The Kier molecular flexibility index (Phi) is 11.6. The van der Waals surface area contributed by atoms with Crippen molar-refractivity contribution in [3.05, 3.63) is 34.9 Å². The van der Waals surface area contributed by atoms with Gasteiger partial charge in [-0.25, -0.2) is 4.79 Å². The third-order valence-electron chi connectivity index (χ3n) is 6.45. The quantitative estimate of drug-likeness (QED) is 0.333. The number of rotatable bonds is 7. The Hall–Kier alpha value is -2.37. The Morgan fingerprint density at radius 3 is 2.41 bits per heavy atom. The minimum atomic E-state index is -1.51. The summed E-state index contributed by atoms with van der Waals surface area (Å²) in [6.45, 7) is 9.99. The molecular weight excluding hydrogens is 484 g/mol. The van der Waals surface area contributed by atoms with E-state index in [1.54, 1.807) is 13.0 Å². The van der Waals surface area contributed by atoms with Gasteiger partial charge in [-0.05, 0) is 44.8 Å². The molecule has 2 aliphatic rings. The van der Waals surface area contributed by atoms with Gasteiger partial charge >= 0.3 is 11.9 Å². The van der Waals surface area contributed by atoms with Crippen molar-refractivity contribution in [3.63, 3.8) is 0 Å². The van der Waals surface area contributed by atoms with E-state index in [1.165, 1.54) is 13.0 Å². The molecule has 0 aromatic rings. The zero-order chi connectivity index (χ0) is 27.9. The van der Waals surface area contributed by atoms with Crippen molar-refractivity contribution in [1.29, 1.82) is 0 Å². The van der Waals surface area contributed by atoms with Crippen LogP contribution >= 0.6 is 0 Å². The Bertz CT molecular complexity index is 918. The summed E-state index contributed by atoms with van der Waals surface area (Å²) in [6, 6.07) is 0. The number of aliphatic hydroxyl groups excluding tert-OH is 3.